The van der Waals surface area contributed by atoms with Crippen LogP contribution in [0.5, 0.6) is 0 Å². The Hall–Kier alpha value is -2.33. The standard InChI is InChI=1S/C16H14ClNO3/c1-9-3-4-10(16(20)21-2)7-13(9)15(19)12-6-5-11(18)8-14(12)17/h3-8H,18H2,1-2H3. The first-order valence-corrected chi connectivity index (χ1v) is 6.60. The molecule has 5 heteroatoms. The molecule has 21 heavy (non-hydrogen) atoms. The Kier molecular flexibility index (Phi) is 4.29. The monoisotopic (exact) mass is 303 g/mol. The molecule has 0 heterocycles. The summed E-state index contributed by atoms with van der Waals surface area (Å²) in [6.45, 7) is 1.79. The van der Waals surface area contributed by atoms with Crippen molar-refractivity contribution in [1.82, 2.24) is 0 Å². The summed E-state index contributed by atoms with van der Waals surface area (Å²) in [6.07, 6.45) is 0. The number of halogens is 1. The van der Waals surface area contributed by atoms with Gasteiger partial charge in [-0.05, 0) is 42.8 Å². The first-order chi connectivity index (χ1) is 9.93. The molecule has 0 fully saturated rings. The molecule has 0 unspecified atom stereocenters. The summed E-state index contributed by atoms with van der Waals surface area (Å²) < 4.78 is 4.66. The maximum atomic E-state index is 12.6. The highest BCUT2D eigenvalue weighted by Crippen LogP contribution is 2.24. The normalized spacial score (nSPS) is 10.2. The van der Waals surface area contributed by atoms with E-state index in [9.17, 15) is 9.59 Å². The Bertz CT molecular complexity index is 725. The van der Waals surface area contributed by atoms with Gasteiger partial charge in [0.15, 0.2) is 5.78 Å². The lowest BCUT2D eigenvalue weighted by atomic mass is 9.97. The molecule has 0 aromatic heterocycles. The second-order valence-corrected chi connectivity index (χ2v) is 5.00. The van der Waals surface area contributed by atoms with Gasteiger partial charge in [0.2, 0.25) is 0 Å². The predicted molar refractivity (Wildman–Crippen MR) is 81.8 cm³/mol. The van der Waals surface area contributed by atoms with Gasteiger partial charge < -0.3 is 10.5 Å². The second-order valence-electron chi connectivity index (χ2n) is 4.59. The van der Waals surface area contributed by atoms with Crippen molar-refractivity contribution in [2.75, 3.05) is 12.8 Å². The van der Waals surface area contributed by atoms with Crippen molar-refractivity contribution < 1.29 is 14.3 Å². The van der Waals surface area contributed by atoms with Gasteiger partial charge in [-0.3, -0.25) is 4.79 Å². The number of hydrogen-bond acceptors (Lipinski definition) is 4. The number of nitrogen functional groups attached to an aromatic ring is 1. The molecule has 4 nitrogen and oxygen atoms in total. The fourth-order valence-electron chi connectivity index (χ4n) is 1.97. The number of benzene rings is 2. The summed E-state index contributed by atoms with van der Waals surface area (Å²) in [5.74, 6) is -0.754. The third-order valence-corrected chi connectivity index (χ3v) is 3.45. The quantitative estimate of drug-likeness (QED) is 0.537. The van der Waals surface area contributed by atoms with Gasteiger partial charge in [-0.2, -0.15) is 0 Å². The van der Waals surface area contributed by atoms with Crippen LogP contribution in [-0.2, 0) is 4.74 Å². The number of carbonyl (C=O) groups is 2. The number of ketones is 1. The van der Waals surface area contributed by atoms with E-state index in [1.165, 1.54) is 19.2 Å². The molecule has 0 aliphatic carbocycles. The Labute approximate surface area is 127 Å². The first-order valence-electron chi connectivity index (χ1n) is 6.22. The van der Waals surface area contributed by atoms with Crippen LogP contribution in [0.25, 0.3) is 0 Å². The van der Waals surface area contributed by atoms with Gasteiger partial charge in [0.1, 0.15) is 0 Å². The molecule has 0 aliphatic heterocycles. The van der Waals surface area contributed by atoms with Gasteiger partial charge >= 0.3 is 5.97 Å². The van der Waals surface area contributed by atoms with E-state index in [0.717, 1.165) is 5.56 Å². The van der Waals surface area contributed by atoms with Crippen molar-refractivity contribution in [3.63, 3.8) is 0 Å². The Morgan fingerprint density at radius 2 is 1.81 bits per heavy atom. The predicted octanol–water partition coefficient (Wildman–Crippen LogP) is 3.25. The van der Waals surface area contributed by atoms with Crippen molar-refractivity contribution in [3.05, 3.63) is 63.7 Å². The molecule has 0 aliphatic rings. The molecule has 108 valence electrons. The Morgan fingerprint density at radius 1 is 1.10 bits per heavy atom. The summed E-state index contributed by atoms with van der Waals surface area (Å²) in [6, 6.07) is 9.53. The van der Waals surface area contributed by atoms with Crippen LogP contribution in [-0.4, -0.2) is 18.9 Å². The number of hydrogen-bond donors (Lipinski definition) is 1. The number of carbonyl (C=O) groups excluding carboxylic acids is 2. The molecular weight excluding hydrogens is 290 g/mol. The minimum Gasteiger partial charge on any atom is -0.465 e. The highest BCUT2D eigenvalue weighted by molar-refractivity contribution is 6.35. The zero-order chi connectivity index (χ0) is 15.6. The summed E-state index contributed by atoms with van der Waals surface area (Å²) in [5.41, 5.74) is 7.92. The van der Waals surface area contributed by atoms with Crippen LogP contribution < -0.4 is 5.73 Å². The number of ether oxygens (including phenoxy) is 1. The maximum Gasteiger partial charge on any atom is 0.337 e. The molecule has 2 aromatic rings. The average molecular weight is 304 g/mol. The van der Waals surface area contributed by atoms with E-state index in [1.807, 2.05) is 0 Å². The van der Waals surface area contributed by atoms with Crippen LogP contribution in [0.1, 0.15) is 31.8 Å². The lowest BCUT2D eigenvalue weighted by Gasteiger charge is -2.09. The number of nitrogens with two attached hydrogens (primary N) is 1. The number of methoxy groups -OCH3 is 1. The Balaban J connectivity index is 2.50. The SMILES string of the molecule is COC(=O)c1ccc(C)c(C(=O)c2ccc(N)cc2Cl)c1. The molecule has 0 saturated heterocycles. The molecule has 0 atom stereocenters. The summed E-state index contributed by atoms with van der Waals surface area (Å²) in [4.78, 5) is 24.2. The minimum atomic E-state index is -0.493. The topological polar surface area (TPSA) is 69.4 Å². The zero-order valence-electron chi connectivity index (χ0n) is 11.6. The molecule has 2 N–H and O–H groups in total. The van der Waals surface area contributed by atoms with Crippen LogP contribution in [0.4, 0.5) is 5.69 Å². The molecule has 0 amide bonds. The highest BCUT2D eigenvalue weighted by atomic mass is 35.5. The van der Waals surface area contributed by atoms with Gasteiger partial charge in [-0.1, -0.05) is 17.7 Å². The Morgan fingerprint density at radius 3 is 2.43 bits per heavy atom. The van der Waals surface area contributed by atoms with Crippen LogP contribution in [0.2, 0.25) is 5.02 Å². The van der Waals surface area contributed by atoms with Crippen LogP contribution in [0.3, 0.4) is 0 Å². The molecule has 2 aromatic carbocycles. The van der Waals surface area contributed by atoms with Crippen LogP contribution in [0, 0.1) is 6.92 Å². The molecule has 0 radical (unpaired) electrons. The van der Waals surface area contributed by atoms with E-state index in [2.05, 4.69) is 4.74 Å². The van der Waals surface area contributed by atoms with E-state index >= 15 is 0 Å². The molecule has 2 rings (SSSR count). The summed E-state index contributed by atoms with van der Waals surface area (Å²) in [7, 11) is 1.29. The number of rotatable bonds is 3. The molecular formula is C16H14ClNO3. The number of anilines is 1. The largest absolute Gasteiger partial charge is 0.465 e. The van der Waals surface area contributed by atoms with Crippen molar-refractivity contribution >= 4 is 29.0 Å². The van der Waals surface area contributed by atoms with E-state index < -0.39 is 5.97 Å². The van der Waals surface area contributed by atoms with Crippen molar-refractivity contribution in [1.29, 1.82) is 0 Å². The lowest BCUT2D eigenvalue weighted by Crippen LogP contribution is -2.08. The molecule has 0 bridgehead atoms. The lowest BCUT2D eigenvalue weighted by molar-refractivity contribution is 0.0600. The second kappa shape index (κ2) is 5.97. The zero-order valence-corrected chi connectivity index (χ0v) is 12.4. The van der Waals surface area contributed by atoms with Gasteiger partial charge in [-0.15, -0.1) is 0 Å². The number of esters is 1. The van der Waals surface area contributed by atoms with E-state index in [4.69, 9.17) is 17.3 Å². The van der Waals surface area contributed by atoms with Crippen LogP contribution in [0.15, 0.2) is 36.4 Å². The first kappa shape index (κ1) is 15.1. The highest BCUT2D eigenvalue weighted by Gasteiger charge is 2.17. The average Bonchev–Trinajstić information content (AvgIpc) is 2.46. The fraction of sp³-hybridized carbons (Fsp3) is 0.125. The van der Waals surface area contributed by atoms with E-state index in [-0.39, 0.29) is 10.8 Å². The van der Waals surface area contributed by atoms with Gasteiger partial charge in [0.05, 0.1) is 17.7 Å². The third-order valence-electron chi connectivity index (χ3n) is 3.14. The number of aryl methyl sites for hydroxylation is 1. The summed E-state index contributed by atoms with van der Waals surface area (Å²) in [5, 5.41) is 0.280. The van der Waals surface area contributed by atoms with Gasteiger partial charge in [0, 0.05) is 16.8 Å². The minimum absolute atomic E-state index is 0.261. The van der Waals surface area contributed by atoms with E-state index in [0.29, 0.717) is 22.4 Å². The van der Waals surface area contributed by atoms with Crippen molar-refractivity contribution in [2.24, 2.45) is 0 Å². The van der Waals surface area contributed by atoms with E-state index in [1.54, 1.807) is 31.2 Å². The van der Waals surface area contributed by atoms with Gasteiger partial charge in [0.25, 0.3) is 0 Å². The van der Waals surface area contributed by atoms with Crippen molar-refractivity contribution in [3.8, 4) is 0 Å². The molecule has 0 spiro atoms. The third kappa shape index (κ3) is 3.06. The van der Waals surface area contributed by atoms with Crippen LogP contribution >= 0.6 is 11.6 Å². The maximum absolute atomic E-state index is 12.6. The molecule has 0 saturated carbocycles. The summed E-state index contributed by atoms with van der Waals surface area (Å²) >= 11 is 6.06. The smallest absolute Gasteiger partial charge is 0.337 e. The van der Waals surface area contributed by atoms with Gasteiger partial charge in [-0.25, -0.2) is 4.79 Å². The van der Waals surface area contributed by atoms with Crippen molar-refractivity contribution in [2.45, 2.75) is 6.92 Å². The fourth-order valence-corrected chi connectivity index (χ4v) is 2.25.